The number of hydrogen-bond donors (Lipinski definition) is 4. The molecule has 2 unspecified atom stereocenters. The van der Waals surface area contributed by atoms with E-state index in [0.717, 1.165) is 17.7 Å². The second-order valence-electron chi connectivity index (χ2n) is 6.66. The molecule has 2 heterocycles. The first-order chi connectivity index (χ1) is 12.5. The van der Waals surface area contributed by atoms with Crippen molar-refractivity contribution in [2.24, 2.45) is 0 Å². The summed E-state index contributed by atoms with van der Waals surface area (Å²) in [6.07, 6.45) is 1.46. The van der Waals surface area contributed by atoms with Crippen LogP contribution in [0.15, 0.2) is 18.2 Å². The number of aliphatic hydroxyl groups excluding tert-OH is 1. The van der Waals surface area contributed by atoms with E-state index in [4.69, 9.17) is 5.11 Å². The van der Waals surface area contributed by atoms with Gasteiger partial charge in [-0.05, 0) is 37.8 Å². The molecule has 0 aliphatic carbocycles. The van der Waals surface area contributed by atoms with Crippen LogP contribution >= 0.6 is 0 Å². The van der Waals surface area contributed by atoms with E-state index in [2.05, 4.69) is 10.6 Å². The van der Waals surface area contributed by atoms with Crippen molar-refractivity contribution in [1.82, 2.24) is 10.2 Å². The second kappa shape index (κ2) is 7.74. The number of aliphatic hydroxyl groups is 1. The van der Waals surface area contributed by atoms with Gasteiger partial charge in [0.25, 0.3) is 5.91 Å². The number of benzene rings is 1. The lowest BCUT2D eigenvalue weighted by molar-refractivity contribution is -0.137. The van der Waals surface area contributed by atoms with Gasteiger partial charge in [-0.15, -0.1) is 0 Å². The number of carbonyl (C=O) groups excluding carboxylic acids is 2. The first-order valence-corrected chi connectivity index (χ1v) is 8.84. The Labute approximate surface area is 151 Å². The highest BCUT2D eigenvalue weighted by molar-refractivity contribution is 6.02. The van der Waals surface area contributed by atoms with E-state index in [0.29, 0.717) is 37.9 Å². The number of unbranched alkanes of at least 4 members (excludes halogenated alkanes) is 1. The summed E-state index contributed by atoms with van der Waals surface area (Å²) in [6, 6.07) is 4.87. The second-order valence-corrected chi connectivity index (χ2v) is 6.66. The van der Waals surface area contributed by atoms with E-state index in [1.165, 1.54) is 0 Å². The Morgan fingerprint density at radius 3 is 2.81 bits per heavy atom. The molecule has 8 heteroatoms. The third kappa shape index (κ3) is 3.80. The minimum absolute atomic E-state index is 0.142. The van der Waals surface area contributed by atoms with Gasteiger partial charge in [-0.2, -0.15) is 0 Å². The zero-order chi connectivity index (χ0) is 18.7. The maximum Gasteiger partial charge on any atom is 0.303 e. The lowest BCUT2D eigenvalue weighted by Gasteiger charge is -2.32. The summed E-state index contributed by atoms with van der Waals surface area (Å²) in [4.78, 5) is 37.0. The van der Waals surface area contributed by atoms with Crippen molar-refractivity contribution in [1.29, 1.82) is 0 Å². The molecule has 0 saturated carbocycles. The molecule has 0 spiro atoms. The predicted octanol–water partition coefficient (Wildman–Crippen LogP) is 0.906. The molecule has 1 saturated heterocycles. The Morgan fingerprint density at radius 1 is 1.27 bits per heavy atom. The van der Waals surface area contributed by atoms with Gasteiger partial charge in [-0.3, -0.25) is 14.4 Å². The van der Waals surface area contributed by atoms with E-state index in [-0.39, 0.29) is 18.2 Å². The Morgan fingerprint density at radius 2 is 2.08 bits per heavy atom. The van der Waals surface area contributed by atoms with Crippen LogP contribution in [-0.2, 0) is 16.1 Å². The normalized spacial score (nSPS) is 22.1. The van der Waals surface area contributed by atoms with Crippen molar-refractivity contribution in [2.45, 2.75) is 50.9 Å². The van der Waals surface area contributed by atoms with Gasteiger partial charge in [-0.25, -0.2) is 0 Å². The molecule has 1 aromatic rings. The van der Waals surface area contributed by atoms with Gasteiger partial charge < -0.3 is 25.7 Å². The van der Waals surface area contributed by atoms with Gasteiger partial charge in [0.05, 0.1) is 0 Å². The van der Waals surface area contributed by atoms with Crippen LogP contribution in [0.4, 0.5) is 5.69 Å². The van der Waals surface area contributed by atoms with Crippen molar-refractivity contribution in [3.8, 4) is 0 Å². The average molecular weight is 361 g/mol. The standard InChI is InChI=1S/C18H23N3O5/c22-15-8-7-14(17(25)20-15)21-10-12-11(18(21)26)4-3-5-13(12)19-9-2-1-6-16(23)24/h3-5,14-15,19,22H,1-2,6-10H2,(H,20,25)(H,23,24). The molecule has 26 heavy (non-hydrogen) atoms. The molecular weight excluding hydrogens is 338 g/mol. The molecule has 0 radical (unpaired) electrons. The maximum atomic E-state index is 12.7. The number of nitrogens with zero attached hydrogens (tertiary/aromatic N) is 1. The minimum atomic E-state index is -0.845. The summed E-state index contributed by atoms with van der Waals surface area (Å²) in [5.41, 5.74) is 2.28. The van der Waals surface area contributed by atoms with E-state index < -0.39 is 18.2 Å². The summed E-state index contributed by atoms with van der Waals surface area (Å²) in [7, 11) is 0. The largest absolute Gasteiger partial charge is 0.481 e. The fourth-order valence-electron chi connectivity index (χ4n) is 3.47. The number of amides is 2. The Bertz CT molecular complexity index is 721. The van der Waals surface area contributed by atoms with Gasteiger partial charge in [-0.1, -0.05) is 6.07 Å². The van der Waals surface area contributed by atoms with Crippen molar-refractivity contribution in [3.05, 3.63) is 29.3 Å². The smallest absolute Gasteiger partial charge is 0.303 e. The number of fused-ring (bicyclic) bond motifs is 1. The fourth-order valence-corrected chi connectivity index (χ4v) is 3.47. The Balaban J connectivity index is 1.66. The highest BCUT2D eigenvalue weighted by atomic mass is 16.4. The monoisotopic (exact) mass is 361 g/mol. The van der Waals surface area contributed by atoms with Crippen LogP contribution in [0.5, 0.6) is 0 Å². The van der Waals surface area contributed by atoms with Crippen LogP contribution in [0.1, 0.15) is 48.0 Å². The number of piperidine rings is 1. The van der Waals surface area contributed by atoms with Gasteiger partial charge in [0.1, 0.15) is 12.3 Å². The predicted molar refractivity (Wildman–Crippen MR) is 93.5 cm³/mol. The number of rotatable bonds is 7. The Hall–Kier alpha value is -2.61. The van der Waals surface area contributed by atoms with Crippen LogP contribution in [-0.4, -0.2) is 51.7 Å². The van der Waals surface area contributed by atoms with E-state index in [1.807, 2.05) is 6.07 Å². The highest BCUT2D eigenvalue weighted by Gasteiger charge is 2.39. The number of hydrogen-bond acceptors (Lipinski definition) is 5. The summed E-state index contributed by atoms with van der Waals surface area (Å²) in [5.74, 6) is -1.30. The topological polar surface area (TPSA) is 119 Å². The number of nitrogens with one attached hydrogen (secondary N) is 2. The summed E-state index contributed by atoms with van der Waals surface area (Å²) in [5, 5.41) is 23.9. The summed E-state index contributed by atoms with van der Waals surface area (Å²) in [6.45, 7) is 0.967. The van der Waals surface area contributed by atoms with Gasteiger partial charge >= 0.3 is 5.97 Å². The minimum Gasteiger partial charge on any atom is -0.481 e. The molecule has 0 bridgehead atoms. The molecule has 140 valence electrons. The molecule has 3 rings (SSSR count). The number of anilines is 1. The number of carbonyl (C=O) groups is 3. The van der Waals surface area contributed by atoms with Crippen LogP contribution < -0.4 is 10.6 Å². The maximum absolute atomic E-state index is 12.7. The lowest BCUT2D eigenvalue weighted by Crippen LogP contribution is -2.54. The quantitative estimate of drug-likeness (QED) is 0.536. The fraction of sp³-hybridized carbons (Fsp3) is 0.500. The molecule has 2 aliphatic rings. The molecule has 0 aromatic heterocycles. The third-order valence-corrected chi connectivity index (χ3v) is 4.83. The van der Waals surface area contributed by atoms with Gasteiger partial charge in [0.2, 0.25) is 5.91 Å². The van der Waals surface area contributed by atoms with Crippen LogP contribution in [0, 0.1) is 0 Å². The van der Waals surface area contributed by atoms with Crippen LogP contribution in [0.2, 0.25) is 0 Å². The van der Waals surface area contributed by atoms with Crippen LogP contribution in [0.25, 0.3) is 0 Å². The van der Waals surface area contributed by atoms with E-state index in [1.54, 1.807) is 17.0 Å². The zero-order valence-electron chi connectivity index (χ0n) is 14.4. The third-order valence-electron chi connectivity index (χ3n) is 4.83. The first-order valence-electron chi connectivity index (χ1n) is 8.84. The Kier molecular flexibility index (Phi) is 5.41. The van der Waals surface area contributed by atoms with Crippen molar-refractivity contribution in [2.75, 3.05) is 11.9 Å². The highest BCUT2D eigenvalue weighted by Crippen LogP contribution is 2.32. The average Bonchev–Trinajstić information content (AvgIpc) is 2.92. The molecular formula is C18H23N3O5. The summed E-state index contributed by atoms with van der Waals surface area (Å²) >= 11 is 0. The molecule has 4 N–H and O–H groups in total. The van der Waals surface area contributed by atoms with Gasteiger partial charge in [0.15, 0.2) is 0 Å². The molecule has 2 aliphatic heterocycles. The summed E-state index contributed by atoms with van der Waals surface area (Å²) < 4.78 is 0. The van der Waals surface area contributed by atoms with Crippen molar-refractivity contribution in [3.63, 3.8) is 0 Å². The van der Waals surface area contributed by atoms with Crippen LogP contribution in [0.3, 0.4) is 0 Å². The number of aliphatic carboxylic acids is 1. The van der Waals surface area contributed by atoms with E-state index >= 15 is 0 Å². The van der Waals surface area contributed by atoms with E-state index in [9.17, 15) is 19.5 Å². The molecule has 8 nitrogen and oxygen atoms in total. The van der Waals surface area contributed by atoms with Crippen molar-refractivity contribution < 1.29 is 24.6 Å². The number of carboxylic acid groups (broad SMARTS) is 1. The molecule has 2 amide bonds. The zero-order valence-corrected chi connectivity index (χ0v) is 14.4. The van der Waals surface area contributed by atoms with Gasteiger partial charge in [0, 0.05) is 36.3 Å². The molecule has 1 fully saturated rings. The molecule has 2 atom stereocenters. The number of carboxylic acids is 1. The van der Waals surface area contributed by atoms with Crippen molar-refractivity contribution >= 4 is 23.5 Å². The first kappa shape index (κ1) is 18.2. The molecule has 1 aromatic carbocycles. The lowest BCUT2D eigenvalue weighted by atomic mass is 10.0. The SMILES string of the molecule is O=C(O)CCCCNc1cccc2c1CN(C1CCC(O)NC1=O)C2=O.